The summed E-state index contributed by atoms with van der Waals surface area (Å²) in [6.07, 6.45) is 0.705. The number of carboxylic acid groups (broad SMARTS) is 1. The highest BCUT2D eigenvalue weighted by atomic mass is 16.4. The third-order valence-electron chi connectivity index (χ3n) is 2.67. The highest BCUT2D eigenvalue weighted by Gasteiger charge is 2.19. The fourth-order valence-corrected chi connectivity index (χ4v) is 1.62. The molecule has 0 fully saturated rings. The molecule has 104 valence electrons. The lowest BCUT2D eigenvalue weighted by Crippen LogP contribution is -2.41. The maximum absolute atomic E-state index is 11.8. The Morgan fingerprint density at radius 2 is 1.89 bits per heavy atom. The summed E-state index contributed by atoms with van der Waals surface area (Å²) in [7, 11) is 0. The molecule has 0 spiro atoms. The molecular weight excluding hydrogens is 248 g/mol. The molecule has 6 heteroatoms. The van der Waals surface area contributed by atoms with Crippen molar-refractivity contribution in [1.82, 2.24) is 5.32 Å². The van der Waals surface area contributed by atoms with E-state index in [4.69, 9.17) is 15.9 Å². The highest BCUT2D eigenvalue weighted by molar-refractivity contribution is 5.96. The Morgan fingerprint density at radius 1 is 1.26 bits per heavy atom. The molecule has 0 bridgehead atoms. The first-order valence-corrected chi connectivity index (χ1v) is 6.02. The monoisotopic (exact) mass is 266 g/mol. The quantitative estimate of drug-likeness (QED) is 0.544. The van der Waals surface area contributed by atoms with Crippen molar-refractivity contribution in [3.05, 3.63) is 35.4 Å². The minimum Gasteiger partial charge on any atom is -0.480 e. The fourth-order valence-electron chi connectivity index (χ4n) is 1.62. The van der Waals surface area contributed by atoms with E-state index in [1.54, 1.807) is 24.3 Å². The van der Waals surface area contributed by atoms with Crippen LogP contribution >= 0.6 is 0 Å². The molecule has 1 aromatic carbocycles. The van der Waals surface area contributed by atoms with Crippen LogP contribution in [-0.4, -0.2) is 41.3 Å². The second-order valence-electron chi connectivity index (χ2n) is 4.11. The van der Waals surface area contributed by atoms with Gasteiger partial charge in [0.2, 0.25) is 0 Å². The molecule has 0 aliphatic heterocycles. The lowest BCUT2D eigenvalue weighted by Gasteiger charge is -2.13. The number of aliphatic hydroxyl groups excluding tert-OH is 1. The molecule has 0 heterocycles. The van der Waals surface area contributed by atoms with Crippen molar-refractivity contribution >= 4 is 11.9 Å². The van der Waals surface area contributed by atoms with E-state index in [1.165, 1.54) is 0 Å². The van der Waals surface area contributed by atoms with Gasteiger partial charge in [0, 0.05) is 18.6 Å². The Balaban J connectivity index is 2.68. The zero-order valence-corrected chi connectivity index (χ0v) is 10.5. The predicted octanol–water partition coefficient (Wildman–Crippen LogP) is -0.247. The lowest BCUT2D eigenvalue weighted by molar-refractivity contribution is -0.139. The van der Waals surface area contributed by atoms with Crippen molar-refractivity contribution < 1.29 is 19.8 Å². The molecule has 1 amide bonds. The van der Waals surface area contributed by atoms with Gasteiger partial charge in [-0.1, -0.05) is 12.1 Å². The third-order valence-corrected chi connectivity index (χ3v) is 2.67. The SMILES string of the molecule is NCCc1ccc(C(=O)NC(CCO)C(=O)O)cc1. The second kappa shape index (κ2) is 7.50. The molecule has 0 radical (unpaired) electrons. The molecular formula is C13H18N2O4. The summed E-state index contributed by atoms with van der Waals surface area (Å²) < 4.78 is 0. The van der Waals surface area contributed by atoms with E-state index in [0.717, 1.165) is 12.0 Å². The van der Waals surface area contributed by atoms with Crippen LogP contribution < -0.4 is 11.1 Å². The first kappa shape index (κ1) is 15.1. The number of aliphatic carboxylic acids is 1. The van der Waals surface area contributed by atoms with Gasteiger partial charge >= 0.3 is 5.97 Å². The van der Waals surface area contributed by atoms with E-state index in [9.17, 15) is 9.59 Å². The minimum atomic E-state index is -1.16. The number of aliphatic hydroxyl groups is 1. The molecule has 0 saturated heterocycles. The Morgan fingerprint density at radius 3 is 2.37 bits per heavy atom. The first-order chi connectivity index (χ1) is 9.08. The van der Waals surface area contributed by atoms with E-state index in [0.29, 0.717) is 12.1 Å². The van der Waals surface area contributed by atoms with Gasteiger partial charge in [0.15, 0.2) is 0 Å². The molecule has 6 nitrogen and oxygen atoms in total. The number of carboxylic acids is 1. The molecule has 0 aliphatic rings. The van der Waals surface area contributed by atoms with Gasteiger partial charge in [-0.25, -0.2) is 4.79 Å². The van der Waals surface area contributed by atoms with Gasteiger partial charge in [-0.15, -0.1) is 0 Å². The van der Waals surface area contributed by atoms with Gasteiger partial charge in [-0.3, -0.25) is 4.79 Å². The Bertz CT molecular complexity index is 431. The number of amides is 1. The number of hydrogen-bond donors (Lipinski definition) is 4. The van der Waals surface area contributed by atoms with E-state index >= 15 is 0 Å². The third kappa shape index (κ3) is 4.69. The van der Waals surface area contributed by atoms with E-state index < -0.39 is 17.9 Å². The Kier molecular flexibility index (Phi) is 5.98. The van der Waals surface area contributed by atoms with Crippen molar-refractivity contribution in [2.75, 3.05) is 13.2 Å². The van der Waals surface area contributed by atoms with Gasteiger partial charge in [-0.2, -0.15) is 0 Å². The molecule has 0 aliphatic carbocycles. The largest absolute Gasteiger partial charge is 0.480 e. The molecule has 19 heavy (non-hydrogen) atoms. The van der Waals surface area contributed by atoms with Crippen molar-refractivity contribution in [3.63, 3.8) is 0 Å². The summed E-state index contributed by atoms with van der Waals surface area (Å²) in [5.41, 5.74) is 6.82. The van der Waals surface area contributed by atoms with Crippen LogP contribution in [0.2, 0.25) is 0 Å². The normalized spacial score (nSPS) is 11.9. The average Bonchev–Trinajstić information content (AvgIpc) is 2.39. The molecule has 1 unspecified atom stereocenters. The fraction of sp³-hybridized carbons (Fsp3) is 0.385. The van der Waals surface area contributed by atoms with Crippen molar-refractivity contribution in [3.8, 4) is 0 Å². The summed E-state index contributed by atoms with van der Waals surface area (Å²) in [6, 6.07) is 5.73. The zero-order chi connectivity index (χ0) is 14.3. The first-order valence-electron chi connectivity index (χ1n) is 6.02. The van der Waals surface area contributed by atoms with Gasteiger partial charge in [0.05, 0.1) is 0 Å². The van der Waals surface area contributed by atoms with Crippen LogP contribution in [0.15, 0.2) is 24.3 Å². The lowest BCUT2D eigenvalue weighted by atomic mass is 10.1. The predicted molar refractivity (Wildman–Crippen MR) is 69.8 cm³/mol. The molecule has 5 N–H and O–H groups in total. The smallest absolute Gasteiger partial charge is 0.326 e. The molecule has 0 saturated carbocycles. The van der Waals surface area contributed by atoms with Crippen molar-refractivity contribution in [2.45, 2.75) is 18.9 Å². The van der Waals surface area contributed by atoms with E-state index in [1.807, 2.05) is 0 Å². The number of carbonyl (C=O) groups excluding carboxylic acids is 1. The van der Waals surface area contributed by atoms with Crippen LogP contribution in [-0.2, 0) is 11.2 Å². The standard InChI is InChI=1S/C13H18N2O4/c14-7-5-9-1-3-10(4-2-9)12(17)15-11(6-8-16)13(18)19/h1-4,11,16H,5-8,14H2,(H,15,17)(H,18,19). The summed E-state index contributed by atoms with van der Waals surface area (Å²) in [5, 5.41) is 20.0. The molecule has 1 rings (SSSR count). The molecule has 1 atom stereocenters. The van der Waals surface area contributed by atoms with E-state index in [-0.39, 0.29) is 13.0 Å². The summed E-state index contributed by atoms with van der Waals surface area (Å²) in [4.78, 5) is 22.7. The summed E-state index contributed by atoms with van der Waals surface area (Å²) in [5.74, 6) is -1.64. The molecule has 0 aromatic heterocycles. The van der Waals surface area contributed by atoms with Gasteiger partial charge in [-0.05, 0) is 30.7 Å². The Labute approximate surface area is 111 Å². The van der Waals surface area contributed by atoms with Crippen LogP contribution in [0.25, 0.3) is 0 Å². The van der Waals surface area contributed by atoms with Crippen LogP contribution in [0.1, 0.15) is 22.3 Å². The minimum absolute atomic E-state index is 0.0215. The Hall–Kier alpha value is -1.92. The molecule has 1 aromatic rings. The number of benzene rings is 1. The summed E-state index contributed by atoms with van der Waals surface area (Å²) in [6.45, 7) is 0.232. The number of rotatable bonds is 7. The number of nitrogens with two attached hydrogens (primary N) is 1. The maximum atomic E-state index is 11.8. The highest BCUT2D eigenvalue weighted by Crippen LogP contribution is 2.05. The topological polar surface area (TPSA) is 113 Å². The van der Waals surface area contributed by atoms with Gasteiger partial charge in [0.1, 0.15) is 6.04 Å². The van der Waals surface area contributed by atoms with Crippen molar-refractivity contribution in [1.29, 1.82) is 0 Å². The number of carbonyl (C=O) groups is 2. The van der Waals surface area contributed by atoms with Gasteiger partial charge < -0.3 is 21.3 Å². The summed E-state index contributed by atoms with van der Waals surface area (Å²) >= 11 is 0. The van der Waals surface area contributed by atoms with Crippen LogP contribution in [0.5, 0.6) is 0 Å². The maximum Gasteiger partial charge on any atom is 0.326 e. The zero-order valence-electron chi connectivity index (χ0n) is 10.5. The van der Waals surface area contributed by atoms with Crippen LogP contribution in [0.4, 0.5) is 0 Å². The number of nitrogens with one attached hydrogen (secondary N) is 1. The van der Waals surface area contributed by atoms with Crippen molar-refractivity contribution in [2.24, 2.45) is 5.73 Å². The van der Waals surface area contributed by atoms with E-state index in [2.05, 4.69) is 5.32 Å². The number of hydrogen-bond acceptors (Lipinski definition) is 4. The second-order valence-corrected chi connectivity index (χ2v) is 4.11. The van der Waals surface area contributed by atoms with Crippen LogP contribution in [0.3, 0.4) is 0 Å². The average molecular weight is 266 g/mol. The van der Waals surface area contributed by atoms with Crippen LogP contribution in [0, 0.1) is 0 Å². The van der Waals surface area contributed by atoms with Gasteiger partial charge in [0.25, 0.3) is 5.91 Å².